The summed E-state index contributed by atoms with van der Waals surface area (Å²) in [4.78, 5) is 12.6. The van der Waals surface area contributed by atoms with Crippen molar-refractivity contribution in [2.24, 2.45) is 5.92 Å². The number of benzene rings is 2. The van der Waals surface area contributed by atoms with Gasteiger partial charge >= 0.3 is 0 Å². The average Bonchev–Trinajstić information content (AvgIpc) is 3.18. The molecule has 0 bridgehead atoms. The number of Topliss-reactive ketones (excluding diaryl/α,β-unsaturated/α-hetero) is 1. The van der Waals surface area contributed by atoms with Crippen molar-refractivity contribution in [2.75, 3.05) is 19.8 Å². The molecule has 1 atom stereocenters. The second kappa shape index (κ2) is 9.66. The van der Waals surface area contributed by atoms with E-state index in [0.29, 0.717) is 38.6 Å². The van der Waals surface area contributed by atoms with Crippen LogP contribution in [0.4, 0.5) is 0 Å². The van der Waals surface area contributed by atoms with Crippen LogP contribution in [0.5, 0.6) is 17.2 Å². The fraction of sp³-hybridized carbons (Fsp3) is 0.346. The van der Waals surface area contributed by atoms with E-state index in [1.165, 1.54) is 11.1 Å². The average molecular weight is 405 g/mol. The van der Waals surface area contributed by atoms with Crippen LogP contribution in [0, 0.1) is 5.92 Å². The number of hydrogen-bond donors (Lipinski definition) is 0. The third-order valence-electron chi connectivity index (χ3n) is 5.66. The van der Waals surface area contributed by atoms with Crippen molar-refractivity contribution in [3.8, 4) is 17.2 Å². The van der Waals surface area contributed by atoms with E-state index in [1.54, 1.807) is 0 Å². The molecule has 0 spiro atoms. The highest BCUT2D eigenvalue weighted by Crippen LogP contribution is 2.34. The molecule has 0 radical (unpaired) electrons. The first-order valence-corrected chi connectivity index (χ1v) is 10.7. The van der Waals surface area contributed by atoms with Gasteiger partial charge in [-0.05, 0) is 48.2 Å². The zero-order valence-corrected chi connectivity index (χ0v) is 17.4. The Balaban J connectivity index is 1.26. The third kappa shape index (κ3) is 4.93. The Labute approximate surface area is 178 Å². The van der Waals surface area contributed by atoms with E-state index in [2.05, 4.69) is 19.1 Å². The van der Waals surface area contributed by atoms with Gasteiger partial charge < -0.3 is 14.2 Å². The quantitative estimate of drug-likeness (QED) is 0.567. The Morgan fingerprint density at radius 1 is 1.00 bits per heavy atom. The number of rotatable bonds is 9. The first kappa shape index (κ1) is 20.3. The van der Waals surface area contributed by atoms with E-state index in [1.807, 2.05) is 48.5 Å². The van der Waals surface area contributed by atoms with Gasteiger partial charge in [0.05, 0.1) is 0 Å². The maximum absolute atomic E-state index is 12.6. The summed E-state index contributed by atoms with van der Waals surface area (Å²) in [5.41, 5.74) is 3.60. The fourth-order valence-corrected chi connectivity index (χ4v) is 4.10. The summed E-state index contributed by atoms with van der Waals surface area (Å²) in [6.45, 7) is 3.91. The number of ether oxygens (including phenoxy) is 3. The second-order valence-corrected chi connectivity index (χ2v) is 7.74. The van der Waals surface area contributed by atoms with Crippen LogP contribution in [0.25, 0.3) is 0 Å². The molecule has 0 fully saturated rings. The SMILES string of the molecule is CCC1C(CCC(=O)Cc2ccc3c(c2)OCCO3)=CC=C1COc1ccccc1. The summed E-state index contributed by atoms with van der Waals surface area (Å²) in [6.07, 6.45) is 7.14. The van der Waals surface area contributed by atoms with E-state index in [9.17, 15) is 4.79 Å². The molecule has 2 aromatic carbocycles. The van der Waals surface area contributed by atoms with Crippen molar-refractivity contribution >= 4 is 5.78 Å². The van der Waals surface area contributed by atoms with Crippen LogP contribution in [-0.2, 0) is 11.2 Å². The molecular formula is C26H28O4. The van der Waals surface area contributed by atoms with Crippen molar-refractivity contribution in [2.45, 2.75) is 32.6 Å². The molecule has 2 aromatic rings. The van der Waals surface area contributed by atoms with E-state index in [-0.39, 0.29) is 5.78 Å². The Bertz CT molecular complexity index is 943. The molecule has 4 heteroatoms. The molecule has 0 saturated heterocycles. The molecule has 0 aromatic heterocycles. The van der Waals surface area contributed by atoms with Crippen LogP contribution in [0.2, 0.25) is 0 Å². The number of carbonyl (C=O) groups excluding carboxylic acids is 1. The topological polar surface area (TPSA) is 44.8 Å². The lowest BCUT2D eigenvalue weighted by molar-refractivity contribution is -0.118. The summed E-state index contributed by atoms with van der Waals surface area (Å²) in [6, 6.07) is 15.7. The number of allylic oxidation sites excluding steroid dienone is 3. The molecule has 2 aliphatic rings. The van der Waals surface area contributed by atoms with Crippen LogP contribution in [0.3, 0.4) is 0 Å². The Hall–Kier alpha value is -3.01. The van der Waals surface area contributed by atoms with Crippen molar-refractivity contribution in [3.05, 3.63) is 77.4 Å². The zero-order chi connectivity index (χ0) is 20.8. The number of ketones is 1. The Morgan fingerprint density at radius 2 is 1.77 bits per heavy atom. The lowest BCUT2D eigenvalue weighted by Gasteiger charge is -2.19. The molecule has 1 aliphatic carbocycles. The normalized spacial score (nSPS) is 17.3. The zero-order valence-electron chi connectivity index (χ0n) is 17.4. The Kier molecular flexibility index (Phi) is 6.53. The van der Waals surface area contributed by atoms with Crippen LogP contribution in [0.1, 0.15) is 31.7 Å². The van der Waals surface area contributed by atoms with Crippen LogP contribution in [-0.4, -0.2) is 25.6 Å². The summed E-state index contributed by atoms with van der Waals surface area (Å²) < 4.78 is 17.1. The van der Waals surface area contributed by atoms with Gasteiger partial charge in [-0.25, -0.2) is 0 Å². The Morgan fingerprint density at radius 3 is 2.57 bits per heavy atom. The molecule has 1 unspecified atom stereocenters. The third-order valence-corrected chi connectivity index (χ3v) is 5.66. The lowest BCUT2D eigenvalue weighted by Crippen LogP contribution is -2.15. The monoisotopic (exact) mass is 404 g/mol. The number of fused-ring (bicyclic) bond motifs is 1. The van der Waals surface area contributed by atoms with E-state index >= 15 is 0 Å². The minimum Gasteiger partial charge on any atom is -0.489 e. The number of hydrogen-bond acceptors (Lipinski definition) is 4. The predicted octanol–water partition coefficient (Wildman–Crippen LogP) is 5.32. The predicted molar refractivity (Wildman–Crippen MR) is 117 cm³/mol. The van der Waals surface area contributed by atoms with Crippen LogP contribution < -0.4 is 14.2 Å². The highest BCUT2D eigenvalue weighted by molar-refractivity contribution is 5.81. The lowest BCUT2D eigenvalue weighted by atomic mass is 9.89. The molecule has 30 heavy (non-hydrogen) atoms. The standard InChI is InChI=1S/C26H28O4/c1-2-24-20(9-10-21(24)18-30-23-6-4-3-5-7-23)11-12-22(27)16-19-8-13-25-26(17-19)29-15-14-28-25/h3-10,13,17,24H,2,11-12,14-16,18H2,1H3. The largest absolute Gasteiger partial charge is 0.489 e. The van der Waals surface area contributed by atoms with Gasteiger partial charge in [0.2, 0.25) is 0 Å². The van der Waals surface area contributed by atoms with Gasteiger partial charge in [0.15, 0.2) is 11.5 Å². The molecule has 0 saturated carbocycles. The molecule has 1 heterocycles. The summed E-state index contributed by atoms with van der Waals surface area (Å²) in [7, 11) is 0. The smallest absolute Gasteiger partial charge is 0.161 e. The molecule has 0 amide bonds. The molecular weight excluding hydrogens is 376 g/mol. The maximum atomic E-state index is 12.6. The first-order valence-electron chi connectivity index (χ1n) is 10.7. The van der Waals surface area contributed by atoms with Gasteiger partial charge in [0.25, 0.3) is 0 Å². The number of para-hydroxylation sites is 1. The number of carbonyl (C=O) groups is 1. The molecule has 4 nitrogen and oxygen atoms in total. The van der Waals surface area contributed by atoms with Crippen molar-refractivity contribution in [1.29, 1.82) is 0 Å². The van der Waals surface area contributed by atoms with E-state index in [4.69, 9.17) is 14.2 Å². The maximum Gasteiger partial charge on any atom is 0.161 e. The first-order chi connectivity index (χ1) is 14.7. The second-order valence-electron chi connectivity index (χ2n) is 7.74. The van der Waals surface area contributed by atoms with Gasteiger partial charge in [-0.3, -0.25) is 4.79 Å². The summed E-state index contributed by atoms with van der Waals surface area (Å²) in [5, 5.41) is 0. The van der Waals surface area contributed by atoms with Crippen LogP contribution >= 0.6 is 0 Å². The minimum absolute atomic E-state index is 0.247. The fourth-order valence-electron chi connectivity index (χ4n) is 4.10. The molecule has 1 aliphatic heterocycles. The highest BCUT2D eigenvalue weighted by Gasteiger charge is 2.22. The van der Waals surface area contributed by atoms with Gasteiger partial charge in [-0.2, -0.15) is 0 Å². The summed E-state index contributed by atoms with van der Waals surface area (Å²) in [5.74, 6) is 3.00. The summed E-state index contributed by atoms with van der Waals surface area (Å²) >= 11 is 0. The van der Waals surface area contributed by atoms with Gasteiger partial charge in [0.1, 0.15) is 31.4 Å². The van der Waals surface area contributed by atoms with Gasteiger partial charge in [-0.1, -0.05) is 48.9 Å². The minimum atomic E-state index is 0.247. The highest BCUT2D eigenvalue weighted by atomic mass is 16.6. The van der Waals surface area contributed by atoms with Crippen molar-refractivity contribution < 1.29 is 19.0 Å². The van der Waals surface area contributed by atoms with Crippen molar-refractivity contribution in [3.63, 3.8) is 0 Å². The molecule has 156 valence electrons. The molecule has 0 N–H and O–H groups in total. The molecule has 4 rings (SSSR count). The van der Waals surface area contributed by atoms with E-state index < -0.39 is 0 Å². The van der Waals surface area contributed by atoms with Crippen LogP contribution in [0.15, 0.2) is 71.8 Å². The van der Waals surface area contributed by atoms with E-state index in [0.717, 1.165) is 35.7 Å². The van der Waals surface area contributed by atoms with Crippen molar-refractivity contribution in [1.82, 2.24) is 0 Å². The van der Waals surface area contributed by atoms with Gasteiger partial charge in [-0.15, -0.1) is 0 Å². The van der Waals surface area contributed by atoms with Gasteiger partial charge in [0, 0.05) is 18.8 Å².